The molecule has 36 heavy (non-hydrogen) atoms. The zero-order valence-corrected chi connectivity index (χ0v) is 23.2. The molecule has 2 aromatic carbocycles. The van der Waals surface area contributed by atoms with Gasteiger partial charge in [-0.15, -0.1) is 11.8 Å². The van der Waals surface area contributed by atoms with Crippen LogP contribution in [0.3, 0.4) is 0 Å². The van der Waals surface area contributed by atoms with Gasteiger partial charge in [0.25, 0.3) is 5.91 Å². The second kappa shape index (κ2) is 14.7. The van der Waals surface area contributed by atoms with E-state index in [4.69, 9.17) is 4.74 Å². The first kappa shape index (κ1) is 28.7. The maximum atomic E-state index is 13.0. The molecule has 4 N–H and O–H groups in total. The fraction of sp³-hybridized carbons (Fsp3) is 0.519. The smallest absolute Gasteiger partial charge is 0.262 e. The molecule has 1 aliphatic rings. The van der Waals surface area contributed by atoms with Crippen molar-refractivity contribution in [1.82, 2.24) is 9.62 Å². The Morgan fingerprint density at radius 3 is 2.42 bits per heavy atom. The molecule has 0 aliphatic heterocycles. The number of anilines is 2. The largest absolute Gasteiger partial charge is 0.380 e. The van der Waals surface area contributed by atoms with E-state index >= 15 is 0 Å². The van der Waals surface area contributed by atoms with Crippen molar-refractivity contribution in [2.24, 2.45) is 0 Å². The standard InChI is InChI=1S/C27H40N4O3S2/c1-31(2)18-15-21(20-35-22-11-7-6-8-12-22)28-24-14-13-23(19-25(24)29-33)36-30-26(32)27(34-3)16-9-4-5-10-17-27/h6-8,11-14,19,21,28-29,33H,4-5,9-10,15-18,20H2,1-3H3,(H,30,32). The highest BCUT2D eigenvalue weighted by Crippen LogP contribution is 2.33. The zero-order valence-electron chi connectivity index (χ0n) is 21.6. The van der Waals surface area contributed by atoms with E-state index in [1.165, 1.54) is 16.8 Å². The summed E-state index contributed by atoms with van der Waals surface area (Å²) in [5, 5.41) is 13.5. The Labute approximate surface area is 224 Å². The van der Waals surface area contributed by atoms with Crippen LogP contribution in [0.5, 0.6) is 0 Å². The SMILES string of the molecule is COC1(C(=O)NSc2ccc(NC(CCN(C)C)CSc3ccccc3)c(NO)c2)CCCCCC1. The van der Waals surface area contributed by atoms with Crippen LogP contribution in [-0.2, 0) is 9.53 Å². The van der Waals surface area contributed by atoms with Crippen molar-refractivity contribution in [1.29, 1.82) is 0 Å². The second-order valence-corrected chi connectivity index (χ2v) is 11.5. The Balaban J connectivity index is 1.64. The van der Waals surface area contributed by atoms with Gasteiger partial charge in [-0.2, -0.15) is 0 Å². The molecular formula is C27H40N4O3S2. The van der Waals surface area contributed by atoms with Crippen LogP contribution in [0.2, 0.25) is 0 Å². The molecule has 2 aromatic rings. The van der Waals surface area contributed by atoms with Crippen LogP contribution in [-0.4, -0.2) is 61.2 Å². The van der Waals surface area contributed by atoms with E-state index in [9.17, 15) is 10.0 Å². The van der Waals surface area contributed by atoms with Crippen molar-refractivity contribution in [2.45, 2.75) is 66.4 Å². The van der Waals surface area contributed by atoms with Gasteiger partial charge in [0.15, 0.2) is 0 Å². The molecule has 0 aromatic heterocycles. The highest BCUT2D eigenvalue weighted by Gasteiger charge is 2.38. The van der Waals surface area contributed by atoms with Gasteiger partial charge in [-0.3, -0.25) is 20.2 Å². The number of nitrogens with one attached hydrogen (secondary N) is 3. The van der Waals surface area contributed by atoms with Crippen LogP contribution in [0.4, 0.5) is 11.4 Å². The Morgan fingerprint density at radius 2 is 1.78 bits per heavy atom. The molecule has 0 bridgehead atoms. The monoisotopic (exact) mass is 532 g/mol. The van der Waals surface area contributed by atoms with Gasteiger partial charge in [0.1, 0.15) is 5.60 Å². The predicted molar refractivity (Wildman–Crippen MR) is 151 cm³/mol. The van der Waals surface area contributed by atoms with E-state index in [2.05, 4.69) is 58.8 Å². The third kappa shape index (κ3) is 8.59. The van der Waals surface area contributed by atoms with Crippen LogP contribution >= 0.6 is 23.7 Å². The van der Waals surface area contributed by atoms with E-state index in [1.807, 2.05) is 36.0 Å². The lowest BCUT2D eigenvalue weighted by Crippen LogP contribution is -2.45. The molecule has 1 unspecified atom stereocenters. The molecule has 0 saturated heterocycles. The normalized spacial score (nSPS) is 16.2. The zero-order chi connectivity index (χ0) is 25.8. The summed E-state index contributed by atoms with van der Waals surface area (Å²) < 4.78 is 8.70. The first-order valence-corrected chi connectivity index (χ1v) is 14.4. The summed E-state index contributed by atoms with van der Waals surface area (Å²) in [6, 6.07) is 16.3. The number of carbonyl (C=O) groups is 1. The lowest BCUT2D eigenvalue weighted by Gasteiger charge is -2.29. The number of rotatable bonds is 13. The summed E-state index contributed by atoms with van der Waals surface area (Å²) in [6.07, 6.45) is 6.75. The van der Waals surface area contributed by atoms with Gasteiger partial charge in [0.2, 0.25) is 0 Å². The maximum Gasteiger partial charge on any atom is 0.262 e. The van der Waals surface area contributed by atoms with Crippen molar-refractivity contribution in [3.05, 3.63) is 48.5 Å². The number of ether oxygens (including phenoxy) is 1. The molecule has 1 atom stereocenters. The van der Waals surface area contributed by atoms with Crippen molar-refractivity contribution < 1.29 is 14.7 Å². The average molecular weight is 533 g/mol. The summed E-state index contributed by atoms with van der Waals surface area (Å²) in [4.78, 5) is 17.3. The molecular weight excluding hydrogens is 492 g/mol. The number of methoxy groups -OCH3 is 1. The highest BCUT2D eigenvalue weighted by molar-refractivity contribution is 7.99. The third-order valence-electron chi connectivity index (χ3n) is 6.57. The van der Waals surface area contributed by atoms with Crippen LogP contribution in [0.1, 0.15) is 44.9 Å². The average Bonchev–Trinajstić information content (AvgIpc) is 3.16. The van der Waals surface area contributed by atoms with Gasteiger partial charge < -0.3 is 15.0 Å². The minimum Gasteiger partial charge on any atom is -0.380 e. The van der Waals surface area contributed by atoms with Gasteiger partial charge in [0.05, 0.1) is 11.4 Å². The molecule has 1 aliphatic carbocycles. The van der Waals surface area contributed by atoms with Crippen molar-refractivity contribution >= 4 is 41.0 Å². The van der Waals surface area contributed by atoms with Gasteiger partial charge in [-0.05, 0) is 82.2 Å². The number of hydrogen-bond acceptors (Lipinski definition) is 8. The van der Waals surface area contributed by atoms with E-state index < -0.39 is 5.60 Å². The quantitative estimate of drug-likeness (QED) is 0.110. The Morgan fingerprint density at radius 1 is 1.06 bits per heavy atom. The summed E-state index contributed by atoms with van der Waals surface area (Å²) in [6.45, 7) is 0.954. The topological polar surface area (TPSA) is 85.9 Å². The molecule has 1 amide bonds. The Hall–Kier alpha value is -1.91. The molecule has 7 nitrogen and oxygen atoms in total. The van der Waals surface area contributed by atoms with Gasteiger partial charge in [-0.1, -0.05) is 43.9 Å². The Kier molecular flexibility index (Phi) is 11.7. The highest BCUT2D eigenvalue weighted by atomic mass is 32.2. The molecule has 3 rings (SSSR count). The lowest BCUT2D eigenvalue weighted by atomic mass is 9.93. The fourth-order valence-electron chi connectivity index (χ4n) is 4.37. The number of carbonyl (C=O) groups excluding carboxylic acids is 1. The molecule has 0 heterocycles. The van der Waals surface area contributed by atoms with E-state index in [0.717, 1.165) is 67.8 Å². The van der Waals surface area contributed by atoms with E-state index in [-0.39, 0.29) is 11.9 Å². The van der Waals surface area contributed by atoms with Crippen molar-refractivity contribution in [3.8, 4) is 0 Å². The number of amides is 1. The maximum absolute atomic E-state index is 13.0. The van der Waals surface area contributed by atoms with E-state index in [0.29, 0.717) is 5.69 Å². The van der Waals surface area contributed by atoms with Crippen LogP contribution in [0.15, 0.2) is 58.3 Å². The first-order valence-electron chi connectivity index (χ1n) is 12.6. The van der Waals surface area contributed by atoms with E-state index in [1.54, 1.807) is 7.11 Å². The third-order valence-corrected chi connectivity index (χ3v) is 8.52. The summed E-state index contributed by atoms with van der Waals surface area (Å²) in [5.74, 6) is 0.813. The molecule has 198 valence electrons. The van der Waals surface area contributed by atoms with Crippen LogP contribution in [0.25, 0.3) is 0 Å². The number of benzene rings is 2. The van der Waals surface area contributed by atoms with Crippen LogP contribution in [0, 0.1) is 0 Å². The Bertz CT molecular complexity index is 938. The number of nitrogens with zero attached hydrogens (tertiary/aromatic N) is 1. The van der Waals surface area contributed by atoms with Crippen molar-refractivity contribution in [2.75, 3.05) is 44.3 Å². The molecule has 9 heteroatoms. The summed E-state index contributed by atoms with van der Waals surface area (Å²) in [5.41, 5.74) is 2.97. The van der Waals surface area contributed by atoms with Crippen molar-refractivity contribution in [3.63, 3.8) is 0 Å². The molecule has 1 saturated carbocycles. The summed E-state index contributed by atoms with van der Waals surface area (Å²) in [7, 11) is 5.78. The predicted octanol–water partition coefficient (Wildman–Crippen LogP) is 5.87. The second-order valence-electron chi connectivity index (χ2n) is 9.52. The van der Waals surface area contributed by atoms with Crippen LogP contribution < -0.4 is 15.5 Å². The minimum absolute atomic E-state index is 0.0840. The first-order chi connectivity index (χ1) is 17.5. The van der Waals surface area contributed by atoms with Gasteiger partial charge in [0, 0.05) is 28.7 Å². The minimum atomic E-state index is -0.751. The van der Waals surface area contributed by atoms with Gasteiger partial charge in [-0.25, -0.2) is 0 Å². The summed E-state index contributed by atoms with van der Waals surface area (Å²) >= 11 is 3.07. The van der Waals surface area contributed by atoms with Gasteiger partial charge >= 0.3 is 0 Å². The molecule has 0 radical (unpaired) electrons. The number of thioether (sulfide) groups is 1. The number of hydrogen-bond donors (Lipinski definition) is 4. The fourth-order valence-corrected chi connectivity index (χ4v) is 6.07. The lowest BCUT2D eigenvalue weighted by molar-refractivity contribution is -0.143. The molecule has 0 spiro atoms. The molecule has 1 fully saturated rings.